The number of aliphatic hydroxyl groups is 1. The van der Waals surface area contributed by atoms with E-state index in [0.717, 1.165) is 0 Å². The molecule has 17 heavy (non-hydrogen) atoms. The van der Waals surface area contributed by atoms with Crippen LogP contribution in [0.2, 0.25) is 15.1 Å². The Bertz CT molecular complexity index is 395. The molecular weight excluding hydrogens is 304 g/mol. The second-order valence-corrected chi connectivity index (χ2v) is 5.64. The molecule has 0 amide bonds. The van der Waals surface area contributed by atoms with Crippen LogP contribution in [0.4, 0.5) is 0 Å². The van der Waals surface area contributed by atoms with Crippen molar-refractivity contribution in [3.05, 3.63) is 32.8 Å². The first kappa shape index (κ1) is 17.3. The van der Waals surface area contributed by atoms with Crippen LogP contribution in [0.15, 0.2) is 12.1 Å². The highest BCUT2D eigenvalue weighted by atomic mass is 35.5. The minimum Gasteiger partial charge on any atom is -0.396 e. The number of hydrogen-bond acceptors (Lipinski definition) is 2. The number of aliphatic hydroxyl groups excluding tert-OH is 1. The molecule has 0 aliphatic heterocycles. The van der Waals surface area contributed by atoms with Crippen LogP contribution in [0.25, 0.3) is 0 Å². The second kappa shape index (κ2) is 6.46. The Balaban J connectivity index is 0.00000256. The monoisotopic (exact) mass is 317 g/mol. The van der Waals surface area contributed by atoms with Crippen molar-refractivity contribution in [1.82, 2.24) is 0 Å². The zero-order valence-electron chi connectivity index (χ0n) is 9.51. The quantitative estimate of drug-likeness (QED) is 0.825. The van der Waals surface area contributed by atoms with Gasteiger partial charge in [0, 0.05) is 23.1 Å². The summed E-state index contributed by atoms with van der Waals surface area (Å²) in [6.07, 6.45) is 0. The Morgan fingerprint density at radius 3 is 2.29 bits per heavy atom. The molecule has 98 valence electrons. The van der Waals surface area contributed by atoms with E-state index in [1.165, 1.54) is 0 Å². The van der Waals surface area contributed by atoms with Crippen LogP contribution in [0.5, 0.6) is 0 Å². The smallest absolute Gasteiger partial charge is 0.0641 e. The Labute approximate surface area is 122 Å². The van der Waals surface area contributed by atoms with Gasteiger partial charge in [-0.15, -0.1) is 12.4 Å². The van der Waals surface area contributed by atoms with Gasteiger partial charge in [-0.2, -0.15) is 0 Å². The predicted molar refractivity (Wildman–Crippen MR) is 76.5 cm³/mol. The minimum atomic E-state index is -0.488. The minimum absolute atomic E-state index is 0. The van der Waals surface area contributed by atoms with E-state index >= 15 is 0 Å². The van der Waals surface area contributed by atoms with Crippen LogP contribution in [0.1, 0.15) is 25.5 Å². The van der Waals surface area contributed by atoms with Gasteiger partial charge in [-0.3, -0.25) is 0 Å². The average molecular weight is 319 g/mol. The van der Waals surface area contributed by atoms with Crippen LogP contribution in [-0.2, 0) is 0 Å². The fourth-order valence-electron chi connectivity index (χ4n) is 1.32. The Kier molecular flexibility index (Phi) is 6.58. The first-order valence-corrected chi connectivity index (χ1v) is 5.94. The molecule has 0 saturated heterocycles. The van der Waals surface area contributed by atoms with Crippen molar-refractivity contribution in [2.75, 3.05) is 6.61 Å². The summed E-state index contributed by atoms with van der Waals surface area (Å²) >= 11 is 17.9. The zero-order valence-corrected chi connectivity index (χ0v) is 12.6. The lowest BCUT2D eigenvalue weighted by molar-refractivity contribution is 0.132. The lowest BCUT2D eigenvalue weighted by Gasteiger charge is -2.30. The van der Waals surface area contributed by atoms with Crippen LogP contribution in [0.3, 0.4) is 0 Å². The van der Waals surface area contributed by atoms with Crippen molar-refractivity contribution in [3.63, 3.8) is 0 Å². The third kappa shape index (κ3) is 3.88. The van der Waals surface area contributed by atoms with E-state index in [4.69, 9.17) is 40.5 Å². The Hall–Kier alpha value is 0.300. The summed E-state index contributed by atoms with van der Waals surface area (Å²) in [5, 5.41) is 10.5. The van der Waals surface area contributed by atoms with Crippen molar-refractivity contribution in [1.29, 1.82) is 0 Å². The first-order chi connectivity index (χ1) is 7.29. The summed E-state index contributed by atoms with van der Waals surface area (Å²) in [5.74, 6) is 0. The molecule has 0 aliphatic carbocycles. The third-order valence-corrected chi connectivity index (χ3v) is 3.64. The van der Waals surface area contributed by atoms with Crippen LogP contribution in [0, 0.1) is 5.41 Å². The Morgan fingerprint density at radius 2 is 1.82 bits per heavy atom. The largest absolute Gasteiger partial charge is 0.396 e. The van der Waals surface area contributed by atoms with E-state index in [1.807, 2.05) is 13.8 Å². The van der Waals surface area contributed by atoms with Gasteiger partial charge < -0.3 is 10.8 Å². The van der Waals surface area contributed by atoms with Gasteiger partial charge in [0.25, 0.3) is 0 Å². The van der Waals surface area contributed by atoms with Crippen molar-refractivity contribution < 1.29 is 5.11 Å². The molecule has 6 heteroatoms. The number of rotatable bonds is 3. The molecule has 1 rings (SSSR count). The zero-order chi connectivity index (χ0) is 12.5. The van der Waals surface area contributed by atoms with Crippen molar-refractivity contribution in [2.24, 2.45) is 11.1 Å². The summed E-state index contributed by atoms with van der Waals surface area (Å²) in [5.41, 5.74) is 6.22. The van der Waals surface area contributed by atoms with E-state index in [9.17, 15) is 5.11 Å². The van der Waals surface area contributed by atoms with E-state index in [-0.39, 0.29) is 19.0 Å². The van der Waals surface area contributed by atoms with Gasteiger partial charge in [-0.1, -0.05) is 48.7 Å². The molecule has 0 aliphatic rings. The molecule has 1 atom stereocenters. The highest BCUT2D eigenvalue weighted by Gasteiger charge is 2.29. The summed E-state index contributed by atoms with van der Waals surface area (Å²) in [4.78, 5) is 0. The fourth-order valence-corrected chi connectivity index (χ4v) is 2.06. The normalized spacial score (nSPS) is 13.1. The molecule has 2 nitrogen and oxygen atoms in total. The molecule has 0 heterocycles. The summed E-state index contributed by atoms with van der Waals surface area (Å²) in [7, 11) is 0. The maximum absolute atomic E-state index is 9.27. The van der Waals surface area contributed by atoms with Gasteiger partial charge in [0.05, 0.1) is 10.0 Å². The number of halogens is 4. The van der Waals surface area contributed by atoms with Crippen LogP contribution in [-0.4, -0.2) is 11.7 Å². The van der Waals surface area contributed by atoms with Crippen LogP contribution >= 0.6 is 47.2 Å². The number of benzene rings is 1. The molecule has 0 bridgehead atoms. The fraction of sp³-hybridized carbons (Fsp3) is 0.455. The molecule has 0 fully saturated rings. The standard InChI is InChI=1S/C11H14Cl3NO.ClH/c1-11(2,5-16)10(15)7-3-6(12)4-8(13)9(7)14;/h3-4,10,16H,5,15H2,1-2H3;1H/t10-;/m0./s1. The van der Waals surface area contributed by atoms with Gasteiger partial charge in [0.2, 0.25) is 0 Å². The van der Waals surface area contributed by atoms with E-state index in [2.05, 4.69) is 0 Å². The highest BCUT2D eigenvalue weighted by Crippen LogP contribution is 2.39. The van der Waals surface area contributed by atoms with Crippen molar-refractivity contribution in [3.8, 4) is 0 Å². The number of hydrogen-bond donors (Lipinski definition) is 2. The summed E-state index contributed by atoms with van der Waals surface area (Å²) in [6, 6.07) is 2.81. The highest BCUT2D eigenvalue weighted by molar-refractivity contribution is 6.43. The van der Waals surface area contributed by atoms with Gasteiger partial charge in [0.1, 0.15) is 0 Å². The van der Waals surface area contributed by atoms with Gasteiger partial charge >= 0.3 is 0 Å². The van der Waals surface area contributed by atoms with E-state index < -0.39 is 11.5 Å². The molecule has 0 aromatic heterocycles. The average Bonchev–Trinajstić information content (AvgIpc) is 2.22. The molecular formula is C11H15Cl4NO. The SMILES string of the molecule is CC(C)(CO)[C@@H](N)c1cc(Cl)cc(Cl)c1Cl.Cl. The lowest BCUT2D eigenvalue weighted by atomic mass is 9.82. The summed E-state index contributed by atoms with van der Waals surface area (Å²) in [6.45, 7) is 3.65. The van der Waals surface area contributed by atoms with Crippen molar-refractivity contribution in [2.45, 2.75) is 19.9 Å². The topological polar surface area (TPSA) is 46.2 Å². The molecule has 0 saturated carbocycles. The lowest BCUT2D eigenvalue weighted by Crippen LogP contribution is -2.32. The Morgan fingerprint density at radius 1 is 1.29 bits per heavy atom. The molecule has 3 N–H and O–H groups in total. The van der Waals surface area contributed by atoms with Gasteiger partial charge in [-0.05, 0) is 17.7 Å². The molecule has 1 aromatic rings. The molecule has 0 radical (unpaired) electrons. The number of nitrogens with two attached hydrogens (primary N) is 1. The maximum Gasteiger partial charge on any atom is 0.0641 e. The van der Waals surface area contributed by atoms with Gasteiger partial charge in [-0.25, -0.2) is 0 Å². The molecule has 1 aromatic carbocycles. The second-order valence-electron chi connectivity index (χ2n) is 4.42. The molecule has 0 spiro atoms. The summed E-state index contributed by atoms with van der Waals surface area (Å²) < 4.78 is 0. The van der Waals surface area contributed by atoms with Crippen molar-refractivity contribution >= 4 is 47.2 Å². The predicted octanol–water partition coefficient (Wildman–Crippen LogP) is 4.09. The first-order valence-electron chi connectivity index (χ1n) is 4.80. The van der Waals surface area contributed by atoms with E-state index in [1.54, 1.807) is 12.1 Å². The van der Waals surface area contributed by atoms with E-state index in [0.29, 0.717) is 20.6 Å². The third-order valence-electron chi connectivity index (χ3n) is 2.61. The van der Waals surface area contributed by atoms with Crippen LogP contribution < -0.4 is 5.73 Å². The van der Waals surface area contributed by atoms with Gasteiger partial charge in [0.15, 0.2) is 0 Å². The maximum atomic E-state index is 9.27. The molecule has 0 unspecified atom stereocenters.